The number of rotatable bonds is 7. The normalized spacial score (nSPS) is 18.2. The van der Waals surface area contributed by atoms with E-state index >= 15 is 0 Å². The zero-order valence-corrected chi connectivity index (χ0v) is 10.6. The number of nitrogens with one attached hydrogen (secondary N) is 1. The SMILES string of the molecule is CCC(CSC)NC(C)C(C)CC. The lowest BCUT2D eigenvalue weighted by atomic mass is 10.00. The Bertz CT molecular complexity index is 117. The molecule has 0 saturated carbocycles. The molecule has 0 fully saturated rings. The van der Waals surface area contributed by atoms with E-state index in [9.17, 15) is 0 Å². The van der Waals surface area contributed by atoms with Gasteiger partial charge in [0.1, 0.15) is 0 Å². The quantitative estimate of drug-likeness (QED) is 0.682. The molecule has 1 nitrogen and oxygen atoms in total. The molecule has 0 radical (unpaired) electrons. The van der Waals surface area contributed by atoms with Gasteiger partial charge in [-0.1, -0.05) is 27.2 Å². The second-order valence-electron chi connectivity index (χ2n) is 3.90. The molecule has 3 unspecified atom stereocenters. The Labute approximate surface area is 88.1 Å². The van der Waals surface area contributed by atoms with Gasteiger partial charge in [-0.25, -0.2) is 0 Å². The topological polar surface area (TPSA) is 12.0 Å². The number of thioether (sulfide) groups is 1. The Morgan fingerprint density at radius 3 is 2.15 bits per heavy atom. The van der Waals surface area contributed by atoms with Gasteiger partial charge in [-0.2, -0.15) is 11.8 Å². The van der Waals surface area contributed by atoms with Gasteiger partial charge in [0.25, 0.3) is 0 Å². The zero-order valence-electron chi connectivity index (χ0n) is 9.76. The third kappa shape index (κ3) is 5.58. The Balaban J connectivity index is 3.78. The first-order valence-corrected chi connectivity index (χ1v) is 6.80. The van der Waals surface area contributed by atoms with E-state index in [4.69, 9.17) is 0 Å². The van der Waals surface area contributed by atoms with E-state index in [2.05, 4.69) is 39.3 Å². The summed E-state index contributed by atoms with van der Waals surface area (Å²) in [4.78, 5) is 0. The first kappa shape index (κ1) is 13.3. The summed E-state index contributed by atoms with van der Waals surface area (Å²) >= 11 is 1.93. The van der Waals surface area contributed by atoms with Gasteiger partial charge in [0.05, 0.1) is 0 Å². The summed E-state index contributed by atoms with van der Waals surface area (Å²) in [5.41, 5.74) is 0. The van der Waals surface area contributed by atoms with Crippen LogP contribution >= 0.6 is 11.8 Å². The van der Waals surface area contributed by atoms with Crippen LogP contribution in [0.25, 0.3) is 0 Å². The van der Waals surface area contributed by atoms with E-state index < -0.39 is 0 Å². The lowest BCUT2D eigenvalue weighted by Gasteiger charge is -2.25. The highest BCUT2D eigenvalue weighted by Gasteiger charge is 2.13. The molecule has 0 aromatic heterocycles. The van der Waals surface area contributed by atoms with E-state index in [1.54, 1.807) is 0 Å². The molecular weight excluding hydrogens is 178 g/mol. The van der Waals surface area contributed by atoms with E-state index in [0.717, 1.165) is 5.92 Å². The van der Waals surface area contributed by atoms with Crippen molar-refractivity contribution in [1.82, 2.24) is 5.32 Å². The molecule has 0 saturated heterocycles. The average molecular weight is 203 g/mol. The van der Waals surface area contributed by atoms with Crippen LogP contribution in [-0.4, -0.2) is 24.1 Å². The maximum Gasteiger partial charge on any atom is 0.0158 e. The first-order chi connectivity index (χ1) is 6.15. The molecule has 0 aliphatic carbocycles. The summed E-state index contributed by atoms with van der Waals surface area (Å²) in [5.74, 6) is 2.02. The van der Waals surface area contributed by atoms with E-state index in [1.807, 2.05) is 11.8 Å². The maximum absolute atomic E-state index is 3.70. The van der Waals surface area contributed by atoms with Crippen LogP contribution in [-0.2, 0) is 0 Å². The molecule has 0 aliphatic heterocycles. The van der Waals surface area contributed by atoms with Crippen LogP contribution < -0.4 is 5.32 Å². The van der Waals surface area contributed by atoms with Crippen LogP contribution in [0.5, 0.6) is 0 Å². The Morgan fingerprint density at radius 2 is 1.77 bits per heavy atom. The summed E-state index contributed by atoms with van der Waals surface area (Å²) in [6.45, 7) is 9.15. The van der Waals surface area contributed by atoms with Crippen molar-refractivity contribution < 1.29 is 0 Å². The average Bonchev–Trinajstić information content (AvgIpc) is 2.15. The van der Waals surface area contributed by atoms with Gasteiger partial charge in [-0.3, -0.25) is 0 Å². The van der Waals surface area contributed by atoms with Crippen LogP contribution in [0.15, 0.2) is 0 Å². The van der Waals surface area contributed by atoms with E-state index in [-0.39, 0.29) is 0 Å². The minimum Gasteiger partial charge on any atom is -0.310 e. The highest BCUT2D eigenvalue weighted by Crippen LogP contribution is 2.10. The van der Waals surface area contributed by atoms with Crippen molar-refractivity contribution in [3.05, 3.63) is 0 Å². The van der Waals surface area contributed by atoms with Gasteiger partial charge in [-0.15, -0.1) is 0 Å². The van der Waals surface area contributed by atoms with E-state index in [0.29, 0.717) is 12.1 Å². The molecule has 0 spiro atoms. The van der Waals surface area contributed by atoms with E-state index in [1.165, 1.54) is 18.6 Å². The lowest BCUT2D eigenvalue weighted by molar-refractivity contribution is 0.355. The smallest absolute Gasteiger partial charge is 0.0158 e. The van der Waals surface area contributed by atoms with Crippen molar-refractivity contribution in [2.24, 2.45) is 5.92 Å². The van der Waals surface area contributed by atoms with Crippen molar-refractivity contribution in [2.45, 2.75) is 52.6 Å². The molecule has 3 atom stereocenters. The fraction of sp³-hybridized carbons (Fsp3) is 1.00. The van der Waals surface area contributed by atoms with Gasteiger partial charge < -0.3 is 5.32 Å². The van der Waals surface area contributed by atoms with Crippen LogP contribution in [0, 0.1) is 5.92 Å². The fourth-order valence-electron chi connectivity index (χ4n) is 1.37. The predicted molar refractivity (Wildman–Crippen MR) is 64.5 cm³/mol. The van der Waals surface area contributed by atoms with Gasteiger partial charge in [0.2, 0.25) is 0 Å². The molecule has 13 heavy (non-hydrogen) atoms. The molecule has 2 heteroatoms. The molecule has 80 valence electrons. The Morgan fingerprint density at radius 1 is 1.15 bits per heavy atom. The second kappa shape index (κ2) is 7.69. The molecule has 0 aromatic rings. The summed E-state index contributed by atoms with van der Waals surface area (Å²) < 4.78 is 0. The third-order valence-corrected chi connectivity index (χ3v) is 3.59. The molecule has 0 bridgehead atoms. The first-order valence-electron chi connectivity index (χ1n) is 5.40. The fourth-order valence-corrected chi connectivity index (χ4v) is 2.11. The predicted octanol–water partition coefficient (Wildman–Crippen LogP) is 3.15. The Kier molecular flexibility index (Phi) is 7.87. The Hall–Kier alpha value is 0.310. The van der Waals surface area contributed by atoms with Crippen molar-refractivity contribution in [3.63, 3.8) is 0 Å². The minimum absolute atomic E-state index is 0.655. The molecular formula is C11H25NS. The number of hydrogen-bond acceptors (Lipinski definition) is 2. The molecule has 0 heterocycles. The monoisotopic (exact) mass is 203 g/mol. The van der Waals surface area contributed by atoms with Crippen molar-refractivity contribution >= 4 is 11.8 Å². The minimum atomic E-state index is 0.655. The van der Waals surface area contributed by atoms with Gasteiger partial charge in [-0.05, 0) is 25.5 Å². The second-order valence-corrected chi connectivity index (χ2v) is 4.81. The van der Waals surface area contributed by atoms with Crippen LogP contribution in [0.1, 0.15) is 40.5 Å². The van der Waals surface area contributed by atoms with Crippen LogP contribution in [0.3, 0.4) is 0 Å². The highest BCUT2D eigenvalue weighted by molar-refractivity contribution is 7.98. The third-order valence-electron chi connectivity index (χ3n) is 2.86. The van der Waals surface area contributed by atoms with Gasteiger partial charge in [0, 0.05) is 17.8 Å². The molecule has 0 amide bonds. The summed E-state index contributed by atoms with van der Waals surface area (Å²) in [6.07, 6.45) is 4.68. The zero-order chi connectivity index (χ0) is 10.3. The number of hydrogen-bond donors (Lipinski definition) is 1. The molecule has 1 N–H and O–H groups in total. The standard InChI is InChI=1S/C11H25NS/c1-6-9(3)10(4)12-11(7-2)8-13-5/h9-12H,6-8H2,1-5H3. The molecule has 0 aliphatic rings. The summed E-state index contributed by atoms with van der Waals surface area (Å²) in [7, 11) is 0. The highest BCUT2D eigenvalue weighted by atomic mass is 32.2. The summed E-state index contributed by atoms with van der Waals surface area (Å²) in [5, 5.41) is 3.70. The lowest BCUT2D eigenvalue weighted by Crippen LogP contribution is -2.41. The largest absolute Gasteiger partial charge is 0.310 e. The van der Waals surface area contributed by atoms with Crippen molar-refractivity contribution in [1.29, 1.82) is 0 Å². The summed E-state index contributed by atoms with van der Waals surface area (Å²) in [6, 6.07) is 1.35. The maximum atomic E-state index is 3.70. The molecule has 0 rings (SSSR count). The van der Waals surface area contributed by atoms with Gasteiger partial charge in [0.15, 0.2) is 0 Å². The van der Waals surface area contributed by atoms with Crippen LogP contribution in [0.2, 0.25) is 0 Å². The van der Waals surface area contributed by atoms with Crippen LogP contribution in [0.4, 0.5) is 0 Å². The van der Waals surface area contributed by atoms with Crippen molar-refractivity contribution in [2.75, 3.05) is 12.0 Å². The van der Waals surface area contributed by atoms with Crippen molar-refractivity contribution in [3.8, 4) is 0 Å². The van der Waals surface area contributed by atoms with Gasteiger partial charge >= 0.3 is 0 Å². The molecule has 0 aromatic carbocycles.